The van der Waals surface area contributed by atoms with Gasteiger partial charge >= 0.3 is 5.97 Å². The predicted molar refractivity (Wildman–Crippen MR) is 181 cm³/mol. The number of hydrogen-bond acceptors (Lipinski definition) is 8. The van der Waals surface area contributed by atoms with E-state index in [0.29, 0.717) is 62.1 Å². The van der Waals surface area contributed by atoms with E-state index in [9.17, 15) is 18.0 Å². The summed E-state index contributed by atoms with van der Waals surface area (Å²) < 4.78 is 43.2. The van der Waals surface area contributed by atoms with Gasteiger partial charge in [0.1, 0.15) is 23.3 Å². The maximum atomic E-state index is 12.0. The van der Waals surface area contributed by atoms with Gasteiger partial charge in [-0.2, -0.15) is 0 Å². The molecule has 4 aromatic rings. The Kier molecular flexibility index (Phi) is 11.0. The number of amides is 1. The van der Waals surface area contributed by atoms with E-state index < -0.39 is 16.1 Å². The highest BCUT2D eigenvalue weighted by Crippen LogP contribution is 2.31. The molecule has 47 heavy (non-hydrogen) atoms. The molecule has 1 atom stereocenters. The second-order valence-electron chi connectivity index (χ2n) is 11.4. The van der Waals surface area contributed by atoms with Crippen molar-refractivity contribution in [1.29, 1.82) is 0 Å². The number of carbonyl (C=O) groups excluding carboxylic acids is 2. The third-order valence-electron chi connectivity index (χ3n) is 7.60. The topological polar surface area (TPSA) is 123 Å². The van der Waals surface area contributed by atoms with E-state index in [0.717, 1.165) is 28.6 Å². The lowest BCUT2D eigenvalue weighted by Gasteiger charge is -2.28. The van der Waals surface area contributed by atoms with E-state index in [1.807, 2.05) is 85.8 Å². The number of benzene rings is 4. The molecule has 10 nitrogen and oxygen atoms in total. The van der Waals surface area contributed by atoms with Gasteiger partial charge in [0.25, 0.3) is 0 Å². The van der Waals surface area contributed by atoms with Crippen molar-refractivity contribution in [3.8, 4) is 17.2 Å². The molecule has 0 spiro atoms. The first-order chi connectivity index (χ1) is 22.6. The molecule has 0 aliphatic carbocycles. The largest absolute Gasteiger partial charge is 0.494 e. The zero-order chi connectivity index (χ0) is 33.2. The van der Waals surface area contributed by atoms with Crippen LogP contribution in [0.4, 0.5) is 11.4 Å². The van der Waals surface area contributed by atoms with E-state index >= 15 is 0 Å². The highest BCUT2D eigenvalue weighted by atomic mass is 32.2. The molecule has 5 rings (SSSR count). The lowest BCUT2D eigenvalue weighted by Crippen LogP contribution is -2.37. The Morgan fingerprint density at radius 1 is 0.872 bits per heavy atom. The molecule has 1 unspecified atom stereocenters. The van der Waals surface area contributed by atoms with Crippen LogP contribution in [0, 0.1) is 6.92 Å². The van der Waals surface area contributed by atoms with Crippen molar-refractivity contribution in [1.82, 2.24) is 5.32 Å². The molecule has 1 amide bonds. The summed E-state index contributed by atoms with van der Waals surface area (Å²) in [6.07, 6.45) is 2.44. The van der Waals surface area contributed by atoms with E-state index in [-0.39, 0.29) is 18.3 Å². The van der Waals surface area contributed by atoms with Crippen LogP contribution in [0.5, 0.6) is 17.2 Å². The van der Waals surface area contributed by atoms with Gasteiger partial charge in [0.05, 0.1) is 25.2 Å². The van der Waals surface area contributed by atoms with Gasteiger partial charge in [-0.25, -0.2) is 13.2 Å². The number of esters is 1. The highest BCUT2D eigenvalue weighted by molar-refractivity contribution is 7.92. The van der Waals surface area contributed by atoms with E-state index in [2.05, 4.69) is 27.1 Å². The molecular weight excluding hydrogens is 618 g/mol. The molecule has 0 aromatic heterocycles. The summed E-state index contributed by atoms with van der Waals surface area (Å²) in [4.78, 5) is 25.8. The number of sulfonamides is 1. The Morgan fingerprint density at radius 2 is 1.51 bits per heavy atom. The van der Waals surface area contributed by atoms with Crippen LogP contribution in [0.3, 0.4) is 0 Å². The average molecular weight is 658 g/mol. The third kappa shape index (κ3) is 9.98. The fraction of sp³-hybridized carbons (Fsp3) is 0.278. The molecule has 1 aliphatic heterocycles. The van der Waals surface area contributed by atoms with Crippen molar-refractivity contribution in [2.45, 2.75) is 45.3 Å². The van der Waals surface area contributed by atoms with Crippen LogP contribution in [0.15, 0.2) is 97.1 Å². The maximum Gasteiger partial charge on any atom is 0.328 e. The van der Waals surface area contributed by atoms with Gasteiger partial charge in [-0.15, -0.1) is 0 Å². The molecule has 0 bridgehead atoms. The number of nitrogens with one attached hydrogen (secondary N) is 2. The van der Waals surface area contributed by atoms with E-state index in [1.54, 1.807) is 6.07 Å². The SMILES string of the molecule is Cc1c(NS(C)(=O)=O)cccc1N(Cc1ccccc1)Cc1ccc(Oc2ccc(OCCCC(=O)NC3CCOC3=O)cc2)cc1. The molecule has 11 heteroatoms. The number of hydrogen-bond donors (Lipinski definition) is 2. The van der Waals surface area contributed by atoms with Gasteiger partial charge in [0, 0.05) is 31.6 Å². The summed E-state index contributed by atoms with van der Waals surface area (Å²) in [5, 5.41) is 2.69. The van der Waals surface area contributed by atoms with Crippen molar-refractivity contribution in [2.75, 3.05) is 29.1 Å². The Labute approximate surface area is 275 Å². The Hall–Kier alpha value is -5.03. The molecular formula is C36H39N3O7S. The fourth-order valence-corrected chi connectivity index (χ4v) is 5.87. The van der Waals surface area contributed by atoms with E-state index in [1.165, 1.54) is 0 Å². The van der Waals surface area contributed by atoms with Crippen molar-refractivity contribution in [3.05, 3.63) is 114 Å². The molecule has 1 aliphatic rings. The van der Waals surface area contributed by atoms with Gasteiger partial charge in [0.15, 0.2) is 0 Å². The zero-order valence-corrected chi connectivity index (χ0v) is 27.3. The van der Waals surface area contributed by atoms with Crippen LogP contribution in [0.2, 0.25) is 0 Å². The van der Waals surface area contributed by atoms with Crippen molar-refractivity contribution < 1.29 is 32.2 Å². The van der Waals surface area contributed by atoms with Crippen LogP contribution in [0.1, 0.15) is 36.0 Å². The smallest absolute Gasteiger partial charge is 0.328 e. The minimum atomic E-state index is -3.42. The predicted octanol–water partition coefficient (Wildman–Crippen LogP) is 5.96. The molecule has 4 aromatic carbocycles. The van der Waals surface area contributed by atoms with Crippen LogP contribution < -0.4 is 24.4 Å². The lowest BCUT2D eigenvalue weighted by molar-refractivity contribution is -0.141. The Morgan fingerprint density at radius 3 is 2.15 bits per heavy atom. The van der Waals surface area contributed by atoms with Crippen LogP contribution in [-0.4, -0.2) is 45.8 Å². The van der Waals surface area contributed by atoms with Gasteiger partial charge < -0.3 is 24.4 Å². The van der Waals surface area contributed by atoms with Crippen LogP contribution in [-0.2, 0) is 37.4 Å². The van der Waals surface area contributed by atoms with Crippen LogP contribution in [0.25, 0.3) is 0 Å². The van der Waals surface area contributed by atoms with E-state index in [4.69, 9.17) is 14.2 Å². The van der Waals surface area contributed by atoms with Crippen molar-refractivity contribution in [3.63, 3.8) is 0 Å². The molecule has 246 valence electrons. The quantitative estimate of drug-likeness (QED) is 0.119. The lowest BCUT2D eigenvalue weighted by atomic mass is 10.1. The minimum Gasteiger partial charge on any atom is -0.494 e. The Bertz CT molecular complexity index is 1760. The normalized spacial score (nSPS) is 14.3. The summed E-state index contributed by atoms with van der Waals surface area (Å²) >= 11 is 0. The maximum absolute atomic E-state index is 12.0. The molecule has 0 saturated carbocycles. The summed E-state index contributed by atoms with van der Waals surface area (Å²) in [7, 11) is -3.42. The summed E-state index contributed by atoms with van der Waals surface area (Å²) in [5.41, 5.74) is 4.54. The van der Waals surface area contributed by atoms with Crippen molar-refractivity contribution >= 4 is 33.3 Å². The van der Waals surface area contributed by atoms with Gasteiger partial charge in [0.2, 0.25) is 15.9 Å². The summed E-state index contributed by atoms with van der Waals surface area (Å²) in [6.45, 7) is 3.87. The minimum absolute atomic E-state index is 0.192. The van der Waals surface area contributed by atoms with Gasteiger partial charge in [-0.05, 0) is 78.6 Å². The van der Waals surface area contributed by atoms with Gasteiger partial charge in [-0.1, -0.05) is 48.5 Å². The number of nitrogens with zero attached hydrogens (tertiary/aromatic N) is 1. The number of anilines is 2. The first kappa shape index (κ1) is 33.3. The molecule has 1 saturated heterocycles. The monoisotopic (exact) mass is 657 g/mol. The average Bonchev–Trinajstić information content (AvgIpc) is 3.45. The molecule has 1 heterocycles. The molecule has 1 fully saturated rings. The highest BCUT2D eigenvalue weighted by Gasteiger charge is 2.27. The number of ether oxygens (including phenoxy) is 3. The second-order valence-corrected chi connectivity index (χ2v) is 13.2. The zero-order valence-electron chi connectivity index (χ0n) is 26.5. The Balaban J connectivity index is 1.16. The summed E-state index contributed by atoms with van der Waals surface area (Å²) in [6, 6.07) is 30.4. The number of carbonyl (C=O) groups is 2. The summed E-state index contributed by atoms with van der Waals surface area (Å²) in [5.74, 6) is 1.44. The molecule has 2 N–H and O–H groups in total. The number of rotatable bonds is 15. The fourth-order valence-electron chi connectivity index (χ4n) is 5.25. The molecule has 0 radical (unpaired) electrons. The third-order valence-corrected chi connectivity index (χ3v) is 8.19. The van der Waals surface area contributed by atoms with Gasteiger partial charge in [-0.3, -0.25) is 9.52 Å². The second kappa shape index (κ2) is 15.5. The standard InChI is InChI=1S/C36H39N3O7S/c1-26-32(38-47(2,42)43)10-6-11-34(26)39(24-27-8-4-3-5-9-27)25-28-13-15-30(16-14-28)46-31-19-17-29(18-20-31)44-22-7-12-35(40)37-33-21-23-45-36(33)41/h3-6,8-11,13-20,33,38H,7,12,21-25H2,1-2H3,(H,37,40). The number of cyclic esters (lactones) is 1. The van der Waals surface area contributed by atoms with Crippen LogP contribution >= 0.6 is 0 Å². The first-order valence-electron chi connectivity index (χ1n) is 15.4. The van der Waals surface area contributed by atoms with Crippen molar-refractivity contribution in [2.24, 2.45) is 0 Å². The first-order valence-corrected chi connectivity index (χ1v) is 17.3.